The van der Waals surface area contributed by atoms with Gasteiger partial charge in [-0.25, -0.2) is 4.98 Å². The molecular weight excluding hydrogens is 503 g/mol. The third-order valence-electron chi connectivity index (χ3n) is 4.32. The number of amides is 3. The summed E-state index contributed by atoms with van der Waals surface area (Å²) in [4.78, 5) is 68.8. The molecule has 1 fully saturated rings. The number of thioether (sulfide) groups is 1. The van der Waals surface area contributed by atoms with E-state index in [-0.39, 0.29) is 64.0 Å². The largest absolute Gasteiger partial charge is 1.00 e. The van der Waals surface area contributed by atoms with E-state index < -0.39 is 53.4 Å². The molecule has 1 unspecified atom stereocenters. The van der Waals surface area contributed by atoms with Gasteiger partial charge in [0, 0.05) is 23.6 Å². The van der Waals surface area contributed by atoms with Gasteiger partial charge in [0.15, 0.2) is 17.5 Å². The minimum atomic E-state index is -1.61. The van der Waals surface area contributed by atoms with Gasteiger partial charge in [0.05, 0.1) is 11.7 Å². The molecule has 1 aromatic rings. The van der Waals surface area contributed by atoms with Crippen molar-refractivity contribution in [1.82, 2.24) is 15.2 Å². The molecule has 0 saturated carbocycles. The number of ether oxygens (including phenoxy) is 1. The van der Waals surface area contributed by atoms with Crippen LogP contribution in [0.3, 0.4) is 0 Å². The Morgan fingerprint density at radius 1 is 1.38 bits per heavy atom. The van der Waals surface area contributed by atoms with Crippen LogP contribution in [0.2, 0.25) is 0 Å². The van der Waals surface area contributed by atoms with Crippen molar-refractivity contribution in [2.45, 2.75) is 18.3 Å². The van der Waals surface area contributed by atoms with E-state index in [0.717, 1.165) is 16.2 Å². The Bertz CT molecular complexity index is 1090. The molecule has 5 N–H and O–H groups in total. The number of aromatic nitrogens is 1. The van der Waals surface area contributed by atoms with E-state index in [9.17, 15) is 29.1 Å². The van der Waals surface area contributed by atoms with Gasteiger partial charge in [-0.2, -0.15) is 0 Å². The summed E-state index contributed by atoms with van der Waals surface area (Å²) in [6.45, 7) is 0.259. The zero-order valence-electron chi connectivity index (χ0n) is 17.9. The maximum Gasteiger partial charge on any atom is 1.00 e. The molecule has 0 bridgehead atoms. The van der Waals surface area contributed by atoms with Crippen LogP contribution in [0.25, 0.3) is 0 Å². The number of aliphatic carboxylic acids is 1. The maximum atomic E-state index is 12.8. The predicted molar refractivity (Wildman–Crippen MR) is 112 cm³/mol. The summed E-state index contributed by atoms with van der Waals surface area (Å²) in [5.41, 5.74) is 10.0. The minimum absolute atomic E-state index is 0. The second-order valence-corrected chi connectivity index (χ2v) is 8.63. The third kappa shape index (κ3) is 6.06. The van der Waals surface area contributed by atoms with Crippen molar-refractivity contribution in [1.29, 1.82) is 0 Å². The van der Waals surface area contributed by atoms with Crippen molar-refractivity contribution >= 4 is 63.6 Å². The van der Waals surface area contributed by atoms with Crippen LogP contribution in [0.1, 0.15) is 12.6 Å². The topological polar surface area (TPSA) is 219 Å². The monoisotopic (exact) mass is 520 g/mol. The molecule has 0 aliphatic carbocycles. The van der Waals surface area contributed by atoms with Crippen LogP contribution in [0, 0.1) is 0 Å². The van der Waals surface area contributed by atoms with Crippen molar-refractivity contribution in [3.63, 3.8) is 0 Å². The van der Waals surface area contributed by atoms with Crippen LogP contribution in [0.15, 0.2) is 21.8 Å². The number of anilines is 1. The number of nitrogens with one attached hydrogen (secondary N) is 1. The molecule has 2 atom stereocenters. The van der Waals surface area contributed by atoms with E-state index in [1.54, 1.807) is 0 Å². The van der Waals surface area contributed by atoms with Crippen LogP contribution in [0.4, 0.5) is 5.13 Å². The quantitative estimate of drug-likeness (QED) is 0.0914. The molecule has 14 nitrogen and oxygen atoms in total. The number of nitrogens with zero attached hydrogens (tertiary/aromatic N) is 3. The summed E-state index contributed by atoms with van der Waals surface area (Å²) in [5.74, 6) is -4.50. The number of thiazole rings is 1. The van der Waals surface area contributed by atoms with E-state index in [4.69, 9.17) is 21.0 Å². The van der Waals surface area contributed by atoms with Crippen LogP contribution >= 0.6 is 23.1 Å². The van der Waals surface area contributed by atoms with E-state index >= 15 is 0 Å². The van der Waals surface area contributed by atoms with Gasteiger partial charge in [-0.3, -0.25) is 24.1 Å². The Labute approximate surface area is 222 Å². The normalized spacial score (nSPS) is 19.4. The molecule has 2 aliphatic rings. The van der Waals surface area contributed by atoms with Crippen LogP contribution in [-0.4, -0.2) is 75.6 Å². The third-order valence-corrected chi connectivity index (χ3v) is 6.33. The fourth-order valence-electron chi connectivity index (χ4n) is 2.94. The molecule has 3 rings (SSSR count). The van der Waals surface area contributed by atoms with Gasteiger partial charge in [0.25, 0.3) is 17.7 Å². The van der Waals surface area contributed by atoms with Crippen LogP contribution in [0.5, 0.6) is 0 Å². The number of hydrogen-bond acceptors (Lipinski definition) is 13. The number of fused-ring (bicyclic) bond motifs is 1. The summed E-state index contributed by atoms with van der Waals surface area (Å²) in [6, 6.07) is -1.09. The number of primary amides is 1. The average molecular weight is 520 g/mol. The summed E-state index contributed by atoms with van der Waals surface area (Å²) in [5, 5.41) is 18.5. The molecule has 3 amide bonds. The number of carbonyl (C=O) groups is 5. The van der Waals surface area contributed by atoms with Gasteiger partial charge in [-0.15, -0.1) is 23.1 Å². The molecule has 1 aromatic heterocycles. The number of esters is 1. The molecule has 3 heterocycles. The zero-order valence-corrected chi connectivity index (χ0v) is 21.6. The summed E-state index contributed by atoms with van der Waals surface area (Å²) in [7, 11) is 0. The van der Waals surface area contributed by atoms with E-state index in [0.29, 0.717) is 0 Å². The SMILES string of the molecule is CC(=O)OCC1=C(C(=O)[O-])N2C(=O)C(NC(=O)C(=NOCC(N)=O)c3csc(N)n3)[C@H]2SC1.[Na+]. The Kier molecular flexibility index (Phi) is 9.45. The number of oxime groups is 1. The first kappa shape index (κ1) is 27.6. The van der Waals surface area contributed by atoms with Crippen molar-refractivity contribution in [3.05, 3.63) is 22.3 Å². The molecule has 0 spiro atoms. The Morgan fingerprint density at radius 3 is 2.65 bits per heavy atom. The fourth-order valence-corrected chi connectivity index (χ4v) is 4.82. The van der Waals surface area contributed by atoms with E-state index in [1.165, 1.54) is 24.1 Å². The number of carboxylic acid groups (broad SMARTS) is 1. The second-order valence-electron chi connectivity index (χ2n) is 6.63. The number of carboxylic acids is 1. The Balaban J connectivity index is 0.00000408. The first-order valence-corrected chi connectivity index (χ1v) is 11.0. The number of rotatable bonds is 9. The van der Waals surface area contributed by atoms with Crippen molar-refractivity contribution in [3.8, 4) is 0 Å². The number of nitrogens with two attached hydrogens (primary N) is 2. The van der Waals surface area contributed by atoms with Crippen molar-refractivity contribution in [2.75, 3.05) is 24.7 Å². The molecule has 17 heteroatoms. The number of β-lactam (4-membered cyclic amide) rings is 1. The van der Waals surface area contributed by atoms with Crippen molar-refractivity contribution < 1.29 is 68.2 Å². The molecule has 176 valence electrons. The standard InChI is InChI=1S/C17H18N6O8S2.Na/c1-6(24)30-2-7-4-32-15-11(14(27)23(15)12(7)16(28)29)21-13(26)10(22-31-3-9(18)25)8-5-33-17(19)20-8;/h5,11,15H,2-4H2,1H3,(H2,18,25)(H2,19,20)(H,21,26)(H,28,29);/q;+1/p-1/t11?,15-;/m1./s1. The number of carbonyl (C=O) groups excluding carboxylic acids is 5. The smallest absolute Gasteiger partial charge is 0.543 e. The average Bonchev–Trinajstić information content (AvgIpc) is 3.17. The Morgan fingerprint density at radius 2 is 2.09 bits per heavy atom. The predicted octanol–water partition coefficient (Wildman–Crippen LogP) is -6.10. The van der Waals surface area contributed by atoms with Gasteiger partial charge >= 0.3 is 35.5 Å². The number of hydrogen-bond donors (Lipinski definition) is 3. The zero-order chi connectivity index (χ0) is 24.3. The molecule has 1 saturated heterocycles. The van der Waals surface area contributed by atoms with Gasteiger partial charge < -0.3 is 36.3 Å². The molecular formula is C17H17N6NaO8S2. The van der Waals surface area contributed by atoms with Crippen LogP contribution < -0.4 is 51.4 Å². The summed E-state index contributed by atoms with van der Waals surface area (Å²) < 4.78 is 4.85. The molecule has 0 radical (unpaired) electrons. The maximum absolute atomic E-state index is 12.8. The molecule has 0 aromatic carbocycles. The van der Waals surface area contributed by atoms with Crippen molar-refractivity contribution in [2.24, 2.45) is 10.9 Å². The second kappa shape index (κ2) is 11.7. The van der Waals surface area contributed by atoms with E-state index in [1.807, 2.05) is 0 Å². The van der Waals surface area contributed by atoms with Gasteiger partial charge in [0.2, 0.25) is 0 Å². The Hall–Kier alpha value is -2.66. The van der Waals surface area contributed by atoms with Gasteiger partial charge in [-0.05, 0) is 0 Å². The van der Waals surface area contributed by atoms with Gasteiger partial charge in [0.1, 0.15) is 23.7 Å². The van der Waals surface area contributed by atoms with E-state index in [2.05, 4.69) is 15.5 Å². The first-order valence-electron chi connectivity index (χ1n) is 9.12. The molecule has 2 aliphatic heterocycles. The first-order chi connectivity index (χ1) is 15.6. The summed E-state index contributed by atoms with van der Waals surface area (Å²) in [6.07, 6.45) is 0. The molecule has 34 heavy (non-hydrogen) atoms. The number of nitrogen functional groups attached to an aromatic ring is 1. The minimum Gasteiger partial charge on any atom is -0.543 e. The summed E-state index contributed by atoms with van der Waals surface area (Å²) >= 11 is 2.19. The van der Waals surface area contributed by atoms with Crippen LogP contribution in [-0.2, 0) is 33.5 Å². The van der Waals surface area contributed by atoms with Gasteiger partial charge in [-0.1, -0.05) is 5.16 Å². The fraction of sp³-hybridized carbons (Fsp3) is 0.353.